The molecule has 2 amide bonds. The summed E-state index contributed by atoms with van der Waals surface area (Å²) in [6.45, 7) is 6.42. The van der Waals surface area contributed by atoms with E-state index in [4.69, 9.17) is 9.47 Å². The molecule has 1 fully saturated rings. The predicted octanol–water partition coefficient (Wildman–Crippen LogP) is 3.18. The summed E-state index contributed by atoms with van der Waals surface area (Å²) in [6, 6.07) is 10.5. The summed E-state index contributed by atoms with van der Waals surface area (Å²) in [4.78, 5) is 24.9. The topological polar surface area (TPSA) is 102 Å². The number of rotatable bonds is 9. The molecule has 0 aromatic heterocycles. The molecule has 3 rings (SSSR count). The highest BCUT2D eigenvalue weighted by Crippen LogP contribution is 2.31. The lowest BCUT2D eigenvalue weighted by atomic mass is 10.1. The molecule has 0 bridgehead atoms. The molecule has 8 nitrogen and oxygen atoms in total. The van der Waals surface area contributed by atoms with Gasteiger partial charge in [0.25, 0.3) is 0 Å². The monoisotopic (exact) mass is 446 g/mol. The first-order valence-corrected chi connectivity index (χ1v) is 11.6. The quantitative estimate of drug-likeness (QED) is 0.594. The number of nitrogens with one attached hydrogen (secondary N) is 1. The maximum atomic E-state index is 12.8. The van der Waals surface area contributed by atoms with Crippen LogP contribution in [0, 0.1) is 0 Å². The molecular formula is C22H26N2O6S. The van der Waals surface area contributed by atoms with Crippen molar-refractivity contribution in [2.45, 2.75) is 44.6 Å². The molecule has 2 aromatic rings. The third-order valence-electron chi connectivity index (χ3n) is 4.86. The summed E-state index contributed by atoms with van der Waals surface area (Å²) >= 11 is 0. The van der Waals surface area contributed by atoms with Gasteiger partial charge in [-0.3, -0.25) is 14.5 Å². The van der Waals surface area contributed by atoms with Crippen LogP contribution in [0.5, 0.6) is 11.5 Å². The number of anilines is 1. The first-order valence-electron chi connectivity index (χ1n) is 10.1. The van der Waals surface area contributed by atoms with Crippen molar-refractivity contribution in [2.75, 3.05) is 18.1 Å². The summed E-state index contributed by atoms with van der Waals surface area (Å²) in [5.74, 6) is 0.586. The number of benzene rings is 2. The van der Waals surface area contributed by atoms with Crippen LogP contribution in [0.25, 0.3) is 0 Å². The maximum Gasteiger partial charge on any atom is 0.241 e. The number of carbonyl (C=O) groups is 2. The van der Waals surface area contributed by atoms with Crippen LogP contribution >= 0.6 is 0 Å². The first kappa shape index (κ1) is 22.8. The van der Waals surface area contributed by atoms with Crippen molar-refractivity contribution in [3.63, 3.8) is 0 Å². The molecule has 1 atom stereocenters. The zero-order valence-electron chi connectivity index (χ0n) is 17.8. The third kappa shape index (κ3) is 5.05. The SMILES string of the molecule is CCOc1ccc([C@H](C)NS(=O)(=O)c2ccc(N3C(=O)CCC3=O)cc2)cc1OCC. The number of imide groups is 1. The van der Waals surface area contributed by atoms with Gasteiger partial charge in [-0.25, -0.2) is 13.1 Å². The highest BCUT2D eigenvalue weighted by atomic mass is 32.2. The van der Waals surface area contributed by atoms with E-state index in [1.165, 1.54) is 24.3 Å². The summed E-state index contributed by atoms with van der Waals surface area (Å²) in [5, 5.41) is 0. The van der Waals surface area contributed by atoms with Crippen LogP contribution < -0.4 is 19.1 Å². The van der Waals surface area contributed by atoms with Gasteiger partial charge in [0.2, 0.25) is 21.8 Å². The standard InChI is InChI=1S/C22H26N2O6S/c1-4-29-19-11-6-16(14-20(19)30-5-2)15(3)23-31(27,28)18-9-7-17(8-10-18)24-21(25)12-13-22(24)26/h6-11,14-15,23H,4-5,12-13H2,1-3H3/t15-/m0/s1. The van der Waals surface area contributed by atoms with Gasteiger partial charge in [0.1, 0.15) is 0 Å². The van der Waals surface area contributed by atoms with Crippen LogP contribution in [-0.2, 0) is 19.6 Å². The Kier molecular flexibility index (Phi) is 6.97. The molecule has 2 aromatic carbocycles. The van der Waals surface area contributed by atoms with Crippen molar-refractivity contribution in [2.24, 2.45) is 0 Å². The lowest BCUT2D eigenvalue weighted by Gasteiger charge is -2.18. The predicted molar refractivity (Wildman–Crippen MR) is 116 cm³/mol. The number of sulfonamides is 1. The Balaban J connectivity index is 1.78. The number of carbonyl (C=O) groups excluding carboxylic acids is 2. The van der Waals surface area contributed by atoms with E-state index in [0.717, 1.165) is 10.5 Å². The van der Waals surface area contributed by atoms with Gasteiger partial charge in [-0.05, 0) is 62.7 Å². The second-order valence-corrected chi connectivity index (χ2v) is 8.75. The van der Waals surface area contributed by atoms with Gasteiger partial charge in [-0.15, -0.1) is 0 Å². The molecule has 0 spiro atoms. The Labute approximate surface area is 182 Å². The van der Waals surface area contributed by atoms with E-state index in [0.29, 0.717) is 30.4 Å². The highest BCUT2D eigenvalue weighted by molar-refractivity contribution is 7.89. The molecule has 1 N–H and O–H groups in total. The Hall–Kier alpha value is -2.91. The van der Waals surface area contributed by atoms with Gasteiger partial charge < -0.3 is 9.47 Å². The molecule has 1 aliphatic rings. The van der Waals surface area contributed by atoms with Gasteiger partial charge in [0.05, 0.1) is 23.8 Å². The Morgan fingerprint density at radius 2 is 1.52 bits per heavy atom. The second kappa shape index (κ2) is 9.49. The highest BCUT2D eigenvalue weighted by Gasteiger charge is 2.30. The van der Waals surface area contributed by atoms with Crippen molar-refractivity contribution < 1.29 is 27.5 Å². The van der Waals surface area contributed by atoms with E-state index in [1.807, 2.05) is 13.8 Å². The number of amides is 2. The number of hydrogen-bond donors (Lipinski definition) is 1. The Morgan fingerprint density at radius 1 is 0.935 bits per heavy atom. The first-order chi connectivity index (χ1) is 14.8. The third-order valence-corrected chi connectivity index (χ3v) is 6.41. The fraction of sp³-hybridized carbons (Fsp3) is 0.364. The van der Waals surface area contributed by atoms with Crippen molar-refractivity contribution in [3.8, 4) is 11.5 Å². The Bertz CT molecular complexity index is 1050. The van der Waals surface area contributed by atoms with Crippen molar-refractivity contribution in [1.29, 1.82) is 0 Å². The molecule has 1 saturated heterocycles. The Morgan fingerprint density at radius 3 is 2.10 bits per heavy atom. The second-order valence-electron chi connectivity index (χ2n) is 7.03. The van der Waals surface area contributed by atoms with Crippen molar-refractivity contribution in [3.05, 3.63) is 48.0 Å². The molecule has 31 heavy (non-hydrogen) atoms. The van der Waals surface area contributed by atoms with Crippen molar-refractivity contribution in [1.82, 2.24) is 4.72 Å². The molecule has 9 heteroatoms. The smallest absolute Gasteiger partial charge is 0.241 e. The summed E-state index contributed by atoms with van der Waals surface area (Å²) in [7, 11) is -3.83. The molecule has 166 valence electrons. The average Bonchev–Trinajstić information content (AvgIpc) is 3.07. The summed E-state index contributed by atoms with van der Waals surface area (Å²) in [6.07, 6.45) is 0.341. The zero-order chi connectivity index (χ0) is 22.6. The molecular weight excluding hydrogens is 420 g/mol. The van der Waals surface area contributed by atoms with Gasteiger partial charge in [0, 0.05) is 18.9 Å². The molecule has 0 saturated carbocycles. The fourth-order valence-electron chi connectivity index (χ4n) is 3.34. The van der Waals surface area contributed by atoms with E-state index in [2.05, 4.69) is 4.72 Å². The number of nitrogens with zero attached hydrogens (tertiary/aromatic N) is 1. The zero-order valence-corrected chi connectivity index (χ0v) is 18.6. The van der Waals surface area contributed by atoms with E-state index in [9.17, 15) is 18.0 Å². The number of hydrogen-bond acceptors (Lipinski definition) is 6. The summed E-state index contributed by atoms with van der Waals surface area (Å²) < 4.78 is 39.5. The minimum atomic E-state index is -3.83. The van der Waals surface area contributed by atoms with E-state index in [-0.39, 0.29) is 29.6 Å². The lowest BCUT2D eigenvalue weighted by molar-refractivity contribution is -0.121. The van der Waals surface area contributed by atoms with Crippen LogP contribution in [0.15, 0.2) is 47.4 Å². The van der Waals surface area contributed by atoms with E-state index < -0.39 is 16.1 Å². The van der Waals surface area contributed by atoms with Crippen LogP contribution in [0.4, 0.5) is 5.69 Å². The van der Waals surface area contributed by atoms with Crippen molar-refractivity contribution >= 4 is 27.5 Å². The molecule has 0 aliphatic carbocycles. The maximum absolute atomic E-state index is 12.8. The van der Waals surface area contributed by atoms with Gasteiger partial charge in [0.15, 0.2) is 11.5 Å². The van der Waals surface area contributed by atoms with Crippen LogP contribution in [0.1, 0.15) is 45.2 Å². The molecule has 0 radical (unpaired) electrons. The minimum Gasteiger partial charge on any atom is -0.490 e. The molecule has 1 heterocycles. The average molecular weight is 447 g/mol. The minimum absolute atomic E-state index is 0.0400. The van der Waals surface area contributed by atoms with Gasteiger partial charge >= 0.3 is 0 Å². The van der Waals surface area contributed by atoms with Gasteiger partial charge in [-0.2, -0.15) is 0 Å². The molecule has 0 unspecified atom stereocenters. The van der Waals surface area contributed by atoms with Crippen LogP contribution in [-0.4, -0.2) is 33.4 Å². The largest absolute Gasteiger partial charge is 0.490 e. The van der Waals surface area contributed by atoms with Crippen LogP contribution in [0.3, 0.4) is 0 Å². The molecule has 1 aliphatic heterocycles. The van der Waals surface area contributed by atoms with Crippen LogP contribution in [0.2, 0.25) is 0 Å². The van der Waals surface area contributed by atoms with E-state index >= 15 is 0 Å². The normalized spacial score (nSPS) is 15.3. The van der Waals surface area contributed by atoms with E-state index in [1.54, 1.807) is 25.1 Å². The fourth-order valence-corrected chi connectivity index (χ4v) is 4.58. The summed E-state index contributed by atoms with van der Waals surface area (Å²) in [5.41, 5.74) is 1.09. The lowest BCUT2D eigenvalue weighted by Crippen LogP contribution is -2.29. The van der Waals surface area contributed by atoms with Gasteiger partial charge in [-0.1, -0.05) is 6.07 Å². The number of ether oxygens (including phenoxy) is 2.